The van der Waals surface area contributed by atoms with Crippen molar-refractivity contribution in [3.8, 4) is 0 Å². The number of hydrogen-bond donors (Lipinski definition) is 2. The average Bonchev–Trinajstić information content (AvgIpc) is 2.62. The van der Waals surface area contributed by atoms with E-state index in [4.69, 9.17) is 5.73 Å². The number of hydrogen-bond acceptors (Lipinski definition) is 3. The summed E-state index contributed by atoms with van der Waals surface area (Å²) in [6, 6.07) is 11.1. The van der Waals surface area contributed by atoms with Crippen molar-refractivity contribution in [2.45, 2.75) is 57.0 Å². The lowest BCUT2D eigenvalue weighted by Gasteiger charge is -2.45. The number of amides is 1. The Morgan fingerprint density at radius 1 is 1.04 bits per heavy atom. The SMILES string of the molecule is NC1C2CCCC1CC(C(=O)N1CCCC(Nc3ccccc3)C1)C2. The zero-order chi connectivity index (χ0) is 17.2. The predicted octanol–water partition coefficient (Wildman–Crippen LogP) is 3.24. The minimum atomic E-state index is 0.213. The highest BCUT2D eigenvalue weighted by atomic mass is 16.2. The van der Waals surface area contributed by atoms with Gasteiger partial charge in [0.2, 0.25) is 5.91 Å². The number of rotatable bonds is 3. The maximum Gasteiger partial charge on any atom is 0.225 e. The third-order valence-electron chi connectivity index (χ3n) is 6.64. The molecule has 2 bridgehead atoms. The maximum absolute atomic E-state index is 13.1. The standard InChI is InChI=1S/C21H31N3O/c22-20-15-6-4-7-16(20)13-17(12-15)21(25)24-11-5-10-19(14-24)23-18-8-2-1-3-9-18/h1-3,8-9,15-17,19-20,23H,4-7,10-14,22H2. The second kappa shape index (κ2) is 7.36. The van der Waals surface area contributed by atoms with E-state index in [0.717, 1.165) is 44.5 Å². The normalized spacial score (nSPS) is 35.2. The number of nitrogens with one attached hydrogen (secondary N) is 1. The van der Waals surface area contributed by atoms with E-state index in [1.807, 2.05) is 6.07 Å². The first-order valence-electron chi connectivity index (χ1n) is 10.1. The molecule has 3 aliphatic rings. The van der Waals surface area contributed by atoms with Crippen LogP contribution in [0.1, 0.15) is 44.9 Å². The van der Waals surface area contributed by atoms with Crippen molar-refractivity contribution in [1.82, 2.24) is 4.90 Å². The summed E-state index contributed by atoms with van der Waals surface area (Å²) >= 11 is 0. The number of fused-ring (bicyclic) bond motifs is 2. The molecule has 3 fully saturated rings. The molecule has 0 aromatic heterocycles. The summed E-state index contributed by atoms with van der Waals surface area (Å²) in [5.41, 5.74) is 7.55. The van der Waals surface area contributed by atoms with E-state index >= 15 is 0 Å². The molecule has 1 heterocycles. The van der Waals surface area contributed by atoms with Gasteiger partial charge in [-0.1, -0.05) is 24.6 Å². The summed E-state index contributed by atoms with van der Waals surface area (Å²) in [7, 11) is 0. The van der Waals surface area contributed by atoms with Gasteiger partial charge in [-0.15, -0.1) is 0 Å². The van der Waals surface area contributed by atoms with Crippen LogP contribution in [0.15, 0.2) is 30.3 Å². The van der Waals surface area contributed by atoms with Gasteiger partial charge in [-0.2, -0.15) is 0 Å². The summed E-state index contributed by atoms with van der Waals surface area (Å²) in [5.74, 6) is 1.75. The van der Waals surface area contributed by atoms with E-state index in [1.165, 1.54) is 19.3 Å². The summed E-state index contributed by atoms with van der Waals surface area (Å²) < 4.78 is 0. The molecule has 25 heavy (non-hydrogen) atoms. The number of nitrogens with zero attached hydrogens (tertiary/aromatic N) is 1. The van der Waals surface area contributed by atoms with Crippen LogP contribution in [0.4, 0.5) is 5.69 Å². The van der Waals surface area contributed by atoms with Gasteiger partial charge in [0.05, 0.1) is 0 Å². The summed E-state index contributed by atoms with van der Waals surface area (Å²) in [6.07, 6.45) is 8.01. The topological polar surface area (TPSA) is 58.4 Å². The van der Waals surface area contributed by atoms with Crippen LogP contribution in [-0.2, 0) is 4.79 Å². The van der Waals surface area contributed by atoms with Gasteiger partial charge >= 0.3 is 0 Å². The summed E-state index contributed by atoms with van der Waals surface area (Å²) in [5, 5.41) is 3.60. The van der Waals surface area contributed by atoms with E-state index in [2.05, 4.69) is 34.5 Å². The Morgan fingerprint density at radius 3 is 2.48 bits per heavy atom. The van der Waals surface area contributed by atoms with Crippen LogP contribution < -0.4 is 11.1 Å². The molecule has 0 radical (unpaired) electrons. The van der Waals surface area contributed by atoms with E-state index in [9.17, 15) is 4.79 Å². The summed E-state index contributed by atoms with van der Waals surface area (Å²) in [6.45, 7) is 1.76. The lowest BCUT2D eigenvalue weighted by molar-refractivity contribution is -0.139. The van der Waals surface area contributed by atoms with Crippen molar-refractivity contribution in [3.05, 3.63) is 30.3 Å². The quantitative estimate of drug-likeness (QED) is 0.887. The Balaban J connectivity index is 1.37. The summed E-state index contributed by atoms with van der Waals surface area (Å²) in [4.78, 5) is 15.3. The Hall–Kier alpha value is -1.55. The van der Waals surface area contributed by atoms with Crippen molar-refractivity contribution in [3.63, 3.8) is 0 Å². The Bertz CT molecular complexity index is 576. The first-order valence-corrected chi connectivity index (χ1v) is 10.1. The van der Waals surface area contributed by atoms with E-state index < -0.39 is 0 Å². The monoisotopic (exact) mass is 341 g/mol. The van der Waals surface area contributed by atoms with Gasteiger partial charge in [0.15, 0.2) is 0 Å². The van der Waals surface area contributed by atoms with Crippen LogP contribution in [0.3, 0.4) is 0 Å². The van der Waals surface area contributed by atoms with Crippen molar-refractivity contribution < 1.29 is 4.79 Å². The first kappa shape index (κ1) is 16.9. The third-order valence-corrected chi connectivity index (χ3v) is 6.64. The second-order valence-electron chi connectivity index (χ2n) is 8.33. The van der Waals surface area contributed by atoms with Gasteiger partial charge in [0, 0.05) is 36.8 Å². The van der Waals surface area contributed by atoms with Crippen molar-refractivity contribution in [2.75, 3.05) is 18.4 Å². The lowest BCUT2D eigenvalue weighted by atomic mass is 9.65. The first-order chi connectivity index (χ1) is 12.2. The highest BCUT2D eigenvalue weighted by molar-refractivity contribution is 5.79. The molecule has 3 N–H and O–H groups in total. The molecule has 3 atom stereocenters. The number of anilines is 1. The highest BCUT2D eigenvalue weighted by Gasteiger charge is 2.42. The number of carbonyl (C=O) groups excluding carboxylic acids is 1. The second-order valence-corrected chi connectivity index (χ2v) is 8.33. The van der Waals surface area contributed by atoms with E-state index in [0.29, 0.717) is 29.8 Å². The predicted molar refractivity (Wildman–Crippen MR) is 101 cm³/mol. The van der Waals surface area contributed by atoms with Crippen LogP contribution in [0.2, 0.25) is 0 Å². The number of carbonyl (C=O) groups is 1. The van der Waals surface area contributed by atoms with Gasteiger partial charge in [0.25, 0.3) is 0 Å². The van der Waals surface area contributed by atoms with Gasteiger partial charge in [-0.05, 0) is 62.5 Å². The molecule has 1 saturated heterocycles. The van der Waals surface area contributed by atoms with Crippen LogP contribution in [0, 0.1) is 17.8 Å². The fourth-order valence-electron chi connectivity index (χ4n) is 5.31. The maximum atomic E-state index is 13.1. The Labute approximate surface area is 151 Å². The van der Waals surface area contributed by atoms with Crippen molar-refractivity contribution >= 4 is 11.6 Å². The minimum Gasteiger partial charge on any atom is -0.381 e. The molecule has 2 saturated carbocycles. The van der Waals surface area contributed by atoms with Gasteiger partial charge in [-0.3, -0.25) is 4.79 Å². The van der Waals surface area contributed by atoms with Gasteiger partial charge in [-0.25, -0.2) is 0 Å². The fraction of sp³-hybridized carbons (Fsp3) is 0.667. The molecular formula is C21H31N3O. The van der Waals surface area contributed by atoms with E-state index in [-0.39, 0.29) is 5.92 Å². The van der Waals surface area contributed by atoms with Crippen molar-refractivity contribution in [1.29, 1.82) is 0 Å². The van der Waals surface area contributed by atoms with Crippen LogP contribution in [0.5, 0.6) is 0 Å². The Morgan fingerprint density at radius 2 is 1.76 bits per heavy atom. The number of nitrogens with two attached hydrogens (primary N) is 1. The van der Waals surface area contributed by atoms with Crippen LogP contribution >= 0.6 is 0 Å². The molecular weight excluding hydrogens is 310 g/mol. The molecule has 4 heteroatoms. The molecule has 1 amide bonds. The zero-order valence-electron chi connectivity index (χ0n) is 15.1. The average molecular weight is 341 g/mol. The molecule has 4 rings (SSSR count). The Kier molecular flexibility index (Phi) is 4.98. The number of benzene rings is 1. The number of piperidine rings is 1. The van der Waals surface area contributed by atoms with Gasteiger partial charge < -0.3 is 16.0 Å². The molecule has 136 valence electrons. The van der Waals surface area contributed by atoms with Crippen LogP contribution in [0.25, 0.3) is 0 Å². The molecule has 3 unspecified atom stereocenters. The molecule has 1 aliphatic heterocycles. The highest BCUT2D eigenvalue weighted by Crippen LogP contribution is 2.42. The number of likely N-dealkylation sites (tertiary alicyclic amines) is 1. The number of para-hydroxylation sites is 1. The molecule has 2 aliphatic carbocycles. The zero-order valence-corrected chi connectivity index (χ0v) is 15.1. The molecule has 0 spiro atoms. The third kappa shape index (κ3) is 3.69. The van der Waals surface area contributed by atoms with E-state index in [1.54, 1.807) is 0 Å². The molecule has 1 aromatic rings. The van der Waals surface area contributed by atoms with Crippen molar-refractivity contribution in [2.24, 2.45) is 23.5 Å². The largest absolute Gasteiger partial charge is 0.381 e. The lowest BCUT2D eigenvalue weighted by Crippen LogP contribution is -2.52. The van der Waals surface area contributed by atoms with Gasteiger partial charge in [0.1, 0.15) is 0 Å². The fourth-order valence-corrected chi connectivity index (χ4v) is 5.31. The molecule has 4 nitrogen and oxygen atoms in total. The minimum absolute atomic E-state index is 0.213. The van der Waals surface area contributed by atoms with Crippen LogP contribution in [-0.4, -0.2) is 36.0 Å². The smallest absolute Gasteiger partial charge is 0.225 e. The molecule has 1 aromatic carbocycles.